The van der Waals surface area contributed by atoms with E-state index in [4.69, 9.17) is 0 Å². The Kier molecular flexibility index (Phi) is 5.27. The lowest BCUT2D eigenvalue weighted by atomic mass is 9.37. The van der Waals surface area contributed by atoms with Crippen LogP contribution in [0.4, 0.5) is 0 Å². The Bertz CT molecular complexity index is 1380. The van der Waals surface area contributed by atoms with Gasteiger partial charge in [0.05, 0.1) is 0 Å². The van der Waals surface area contributed by atoms with Gasteiger partial charge >= 0.3 is 0 Å². The lowest BCUT2D eigenvalue weighted by Crippen LogP contribution is -2.60. The number of benzene rings is 4. The maximum atomic E-state index is 10.8. The Morgan fingerprint density at radius 3 is 1.53 bits per heavy atom. The highest BCUT2D eigenvalue weighted by atomic mass is 16.3. The van der Waals surface area contributed by atoms with Crippen molar-refractivity contribution in [3.05, 3.63) is 108 Å². The zero-order valence-corrected chi connectivity index (χ0v) is 22.2. The van der Waals surface area contributed by atoms with Gasteiger partial charge in [-0.15, -0.1) is 0 Å². The Hall–Kier alpha value is -3.52. The molecule has 2 N–H and O–H groups in total. The maximum absolute atomic E-state index is 10.8. The van der Waals surface area contributed by atoms with E-state index in [2.05, 4.69) is 55.5 Å². The summed E-state index contributed by atoms with van der Waals surface area (Å²) in [5.41, 5.74) is 7.36. The molecule has 0 spiro atoms. The average Bonchev–Trinajstić information content (AvgIpc) is 2.94. The van der Waals surface area contributed by atoms with Gasteiger partial charge in [-0.25, -0.2) is 0 Å². The third kappa shape index (κ3) is 3.61. The van der Waals surface area contributed by atoms with Crippen LogP contribution in [0.25, 0.3) is 22.3 Å². The van der Waals surface area contributed by atoms with Crippen molar-refractivity contribution in [1.82, 2.24) is 0 Å². The van der Waals surface area contributed by atoms with Crippen LogP contribution in [0.1, 0.15) is 63.0 Å². The van der Waals surface area contributed by atoms with Crippen LogP contribution < -0.4 is 0 Å². The number of phenolic OH excluding ortho intramolecular Hbond substituents is 2. The molecule has 4 fully saturated rings. The molecule has 4 aliphatic carbocycles. The van der Waals surface area contributed by atoms with E-state index in [1.54, 1.807) is 0 Å². The molecule has 38 heavy (non-hydrogen) atoms. The summed E-state index contributed by atoms with van der Waals surface area (Å²) < 4.78 is 0. The Morgan fingerprint density at radius 2 is 1.08 bits per heavy atom. The SMILES string of the molecule is CCC12CC3CC(c4ccc(O)c(-c5ccccc5)c4)(C1)CC(c1ccc(O)c(-c4ccccc4)c1)(C3)C2. The number of hydrogen-bond acceptors (Lipinski definition) is 2. The maximum Gasteiger partial charge on any atom is 0.123 e. The zero-order chi connectivity index (χ0) is 26.0. The third-order valence-corrected chi connectivity index (χ3v) is 10.3. The predicted octanol–water partition coefficient (Wildman–Crippen LogP) is 9.00. The molecule has 4 bridgehead atoms. The molecule has 2 unspecified atom stereocenters. The molecule has 2 heteroatoms. The Labute approximate surface area is 226 Å². The number of hydrogen-bond donors (Lipinski definition) is 2. The summed E-state index contributed by atoms with van der Waals surface area (Å²) in [7, 11) is 0. The van der Waals surface area contributed by atoms with Gasteiger partial charge in [0, 0.05) is 11.1 Å². The molecule has 4 aromatic carbocycles. The largest absolute Gasteiger partial charge is 0.507 e. The van der Waals surface area contributed by atoms with Gasteiger partial charge in [-0.1, -0.05) is 86.1 Å². The minimum atomic E-state index is 0.109. The first-order chi connectivity index (χ1) is 18.4. The normalized spacial score (nSPS) is 29.4. The average molecular weight is 501 g/mol. The smallest absolute Gasteiger partial charge is 0.123 e. The topological polar surface area (TPSA) is 40.5 Å². The molecule has 4 saturated carbocycles. The molecule has 4 aliphatic rings. The van der Waals surface area contributed by atoms with E-state index in [-0.39, 0.29) is 10.8 Å². The van der Waals surface area contributed by atoms with Crippen LogP contribution in [0.2, 0.25) is 0 Å². The summed E-state index contributed by atoms with van der Waals surface area (Å²) in [6.45, 7) is 2.40. The van der Waals surface area contributed by atoms with Crippen molar-refractivity contribution in [1.29, 1.82) is 0 Å². The van der Waals surface area contributed by atoms with E-state index in [0.29, 0.717) is 22.8 Å². The van der Waals surface area contributed by atoms with Crippen LogP contribution in [0, 0.1) is 11.3 Å². The van der Waals surface area contributed by atoms with Crippen LogP contribution in [0.5, 0.6) is 11.5 Å². The van der Waals surface area contributed by atoms with E-state index < -0.39 is 0 Å². The summed E-state index contributed by atoms with van der Waals surface area (Å²) in [5, 5.41) is 21.7. The van der Waals surface area contributed by atoms with Crippen LogP contribution >= 0.6 is 0 Å². The van der Waals surface area contributed by atoms with Gasteiger partial charge in [0.1, 0.15) is 11.5 Å². The van der Waals surface area contributed by atoms with Crippen molar-refractivity contribution in [2.75, 3.05) is 0 Å². The Balaban J connectivity index is 1.36. The summed E-state index contributed by atoms with van der Waals surface area (Å²) in [6.07, 6.45) is 8.61. The first-order valence-corrected chi connectivity index (χ1v) is 14.2. The minimum Gasteiger partial charge on any atom is -0.507 e. The molecule has 0 saturated heterocycles. The van der Waals surface area contributed by atoms with E-state index in [1.807, 2.05) is 48.5 Å². The van der Waals surface area contributed by atoms with Gasteiger partial charge in [0.2, 0.25) is 0 Å². The second-order valence-corrected chi connectivity index (χ2v) is 12.6. The lowest BCUT2D eigenvalue weighted by Gasteiger charge is -2.67. The molecule has 0 aromatic heterocycles. The molecular weight excluding hydrogens is 464 g/mol. The molecule has 2 nitrogen and oxygen atoms in total. The molecule has 192 valence electrons. The number of phenols is 2. The molecular formula is C36H36O2. The highest BCUT2D eigenvalue weighted by Crippen LogP contribution is 2.71. The molecule has 2 atom stereocenters. The first kappa shape index (κ1) is 23.6. The van der Waals surface area contributed by atoms with Gasteiger partial charge in [0.15, 0.2) is 0 Å². The fourth-order valence-electron chi connectivity index (χ4n) is 9.11. The third-order valence-electron chi connectivity index (χ3n) is 10.3. The van der Waals surface area contributed by atoms with Crippen molar-refractivity contribution in [2.24, 2.45) is 11.3 Å². The summed E-state index contributed by atoms with van der Waals surface area (Å²) >= 11 is 0. The molecule has 0 radical (unpaired) electrons. The Morgan fingerprint density at radius 1 is 0.605 bits per heavy atom. The zero-order valence-electron chi connectivity index (χ0n) is 22.2. The minimum absolute atomic E-state index is 0.109. The quantitative estimate of drug-likeness (QED) is 0.287. The van der Waals surface area contributed by atoms with Crippen LogP contribution in [-0.2, 0) is 10.8 Å². The molecule has 4 aromatic rings. The molecule has 0 amide bonds. The van der Waals surface area contributed by atoms with Crippen molar-refractivity contribution >= 4 is 0 Å². The number of aromatic hydroxyl groups is 2. The standard InChI is InChI=1S/C36H36O2/c1-2-34-19-25-20-35(22-34,28-13-15-32(37)30(17-28)26-9-5-3-6-10-26)24-36(21-25,23-34)29-14-16-33(38)31(18-29)27-11-7-4-8-12-27/h3-18,25,37-38H,2,19-24H2,1H3. The second kappa shape index (κ2) is 8.50. The van der Waals surface area contributed by atoms with Gasteiger partial charge in [-0.3, -0.25) is 0 Å². The van der Waals surface area contributed by atoms with E-state index in [0.717, 1.165) is 28.7 Å². The van der Waals surface area contributed by atoms with Gasteiger partial charge in [0.25, 0.3) is 0 Å². The van der Waals surface area contributed by atoms with Gasteiger partial charge in [-0.05, 0) is 107 Å². The highest BCUT2D eigenvalue weighted by Gasteiger charge is 2.63. The number of rotatable bonds is 5. The predicted molar refractivity (Wildman–Crippen MR) is 154 cm³/mol. The first-order valence-electron chi connectivity index (χ1n) is 14.2. The van der Waals surface area contributed by atoms with E-state index >= 15 is 0 Å². The highest BCUT2D eigenvalue weighted by molar-refractivity contribution is 5.72. The van der Waals surface area contributed by atoms with E-state index in [1.165, 1.54) is 49.7 Å². The molecule has 8 rings (SSSR count). The van der Waals surface area contributed by atoms with Crippen LogP contribution in [0.15, 0.2) is 97.1 Å². The fraction of sp³-hybridized carbons (Fsp3) is 0.333. The van der Waals surface area contributed by atoms with Crippen molar-refractivity contribution in [2.45, 2.75) is 62.7 Å². The van der Waals surface area contributed by atoms with Gasteiger partial charge in [-0.2, -0.15) is 0 Å². The summed E-state index contributed by atoms with van der Waals surface area (Å²) in [6, 6.07) is 33.5. The van der Waals surface area contributed by atoms with Crippen LogP contribution in [0.3, 0.4) is 0 Å². The summed E-state index contributed by atoms with van der Waals surface area (Å²) in [4.78, 5) is 0. The van der Waals surface area contributed by atoms with E-state index in [9.17, 15) is 10.2 Å². The summed E-state index contributed by atoms with van der Waals surface area (Å²) in [5.74, 6) is 1.42. The fourth-order valence-corrected chi connectivity index (χ4v) is 9.11. The molecule has 0 heterocycles. The van der Waals surface area contributed by atoms with Crippen LogP contribution in [-0.4, -0.2) is 10.2 Å². The molecule has 0 aliphatic heterocycles. The second-order valence-electron chi connectivity index (χ2n) is 12.6. The van der Waals surface area contributed by atoms with Crippen molar-refractivity contribution < 1.29 is 10.2 Å². The van der Waals surface area contributed by atoms with Gasteiger partial charge < -0.3 is 10.2 Å². The van der Waals surface area contributed by atoms with Crippen molar-refractivity contribution in [3.63, 3.8) is 0 Å². The van der Waals surface area contributed by atoms with Crippen molar-refractivity contribution in [3.8, 4) is 33.8 Å². The monoisotopic (exact) mass is 500 g/mol. The lowest BCUT2D eigenvalue weighted by molar-refractivity contribution is -0.0920.